The summed E-state index contributed by atoms with van der Waals surface area (Å²) in [6.07, 6.45) is 5.59. The molecule has 0 aromatic carbocycles. The third kappa shape index (κ3) is 3.37. The Bertz CT molecular complexity index is 146. The molecule has 12 heavy (non-hydrogen) atoms. The monoisotopic (exact) mass is 170 g/mol. The number of hydrogen-bond acceptors (Lipinski definition) is 2. The summed E-state index contributed by atoms with van der Waals surface area (Å²) in [7, 11) is 0. The molecule has 1 atom stereocenters. The minimum Gasteiger partial charge on any atom is -0.353 e. The smallest absolute Gasteiger partial charge is 0.158 e. The van der Waals surface area contributed by atoms with Crippen molar-refractivity contribution >= 4 is 0 Å². The molecule has 0 aliphatic carbocycles. The van der Waals surface area contributed by atoms with Crippen LogP contribution in [0.2, 0.25) is 0 Å². The summed E-state index contributed by atoms with van der Waals surface area (Å²) in [4.78, 5) is 0. The van der Waals surface area contributed by atoms with Gasteiger partial charge in [0.1, 0.15) is 0 Å². The first-order chi connectivity index (χ1) is 5.83. The van der Waals surface area contributed by atoms with Gasteiger partial charge in [-0.3, -0.25) is 0 Å². The van der Waals surface area contributed by atoms with E-state index < -0.39 is 0 Å². The van der Waals surface area contributed by atoms with E-state index in [-0.39, 0.29) is 6.29 Å². The standard InChI is InChI=1S/C10H18O2/c1-3-9(2)8-12-10-6-4-5-7-11-10/h3,10H,4-8H2,1-2H3/b9-3+. The maximum Gasteiger partial charge on any atom is 0.158 e. The van der Waals surface area contributed by atoms with E-state index in [1.807, 2.05) is 6.92 Å². The van der Waals surface area contributed by atoms with Gasteiger partial charge in [-0.05, 0) is 33.1 Å². The molecule has 1 aliphatic heterocycles. The quantitative estimate of drug-likeness (QED) is 0.606. The van der Waals surface area contributed by atoms with Crippen LogP contribution in [0, 0.1) is 0 Å². The Kier molecular flexibility index (Phi) is 4.33. The molecule has 0 radical (unpaired) electrons. The molecule has 0 saturated carbocycles. The van der Waals surface area contributed by atoms with Crippen LogP contribution in [0.25, 0.3) is 0 Å². The second-order valence-corrected chi connectivity index (χ2v) is 3.24. The van der Waals surface area contributed by atoms with Crippen molar-refractivity contribution < 1.29 is 9.47 Å². The highest BCUT2D eigenvalue weighted by atomic mass is 16.7. The van der Waals surface area contributed by atoms with Crippen LogP contribution >= 0.6 is 0 Å². The van der Waals surface area contributed by atoms with Gasteiger partial charge in [-0.1, -0.05) is 11.6 Å². The average Bonchev–Trinajstić information content (AvgIpc) is 2.16. The van der Waals surface area contributed by atoms with Gasteiger partial charge in [0.05, 0.1) is 6.61 Å². The number of hydrogen-bond donors (Lipinski definition) is 0. The number of rotatable bonds is 3. The Morgan fingerprint density at radius 1 is 1.58 bits per heavy atom. The van der Waals surface area contributed by atoms with Crippen molar-refractivity contribution in [3.63, 3.8) is 0 Å². The highest BCUT2D eigenvalue weighted by molar-refractivity contribution is 4.95. The second kappa shape index (κ2) is 5.33. The first-order valence-electron chi connectivity index (χ1n) is 4.68. The molecular weight excluding hydrogens is 152 g/mol. The molecule has 0 bridgehead atoms. The van der Waals surface area contributed by atoms with Gasteiger partial charge in [0, 0.05) is 6.61 Å². The SMILES string of the molecule is C/C=C(\C)COC1CCCCO1. The van der Waals surface area contributed by atoms with Gasteiger partial charge in [0.25, 0.3) is 0 Å². The highest BCUT2D eigenvalue weighted by Crippen LogP contribution is 2.14. The van der Waals surface area contributed by atoms with E-state index in [1.54, 1.807) is 0 Å². The zero-order valence-corrected chi connectivity index (χ0v) is 8.01. The van der Waals surface area contributed by atoms with Crippen LogP contribution in [-0.4, -0.2) is 19.5 Å². The van der Waals surface area contributed by atoms with Crippen molar-refractivity contribution in [1.82, 2.24) is 0 Å². The molecule has 1 heterocycles. The van der Waals surface area contributed by atoms with E-state index >= 15 is 0 Å². The summed E-state index contributed by atoms with van der Waals surface area (Å²) in [6.45, 7) is 5.67. The first kappa shape index (κ1) is 9.75. The van der Waals surface area contributed by atoms with Gasteiger partial charge in [-0.15, -0.1) is 0 Å². The normalized spacial score (nSPS) is 25.8. The summed E-state index contributed by atoms with van der Waals surface area (Å²) in [5, 5.41) is 0. The molecular formula is C10H18O2. The Hall–Kier alpha value is -0.340. The maximum atomic E-state index is 5.55. The number of ether oxygens (including phenoxy) is 2. The van der Waals surface area contributed by atoms with Crippen LogP contribution in [0.3, 0.4) is 0 Å². The lowest BCUT2D eigenvalue weighted by Gasteiger charge is -2.22. The lowest BCUT2D eigenvalue weighted by Crippen LogP contribution is -2.22. The zero-order chi connectivity index (χ0) is 8.81. The molecule has 1 fully saturated rings. The van der Waals surface area contributed by atoms with Crippen molar-refractivity contribution in [2.75, 3.05) is 13.2 Å². The molecule has 1 saturated heterocycles. The molecule has 0 amide bonds. The predicted molar refractivity (Wildman–Crippen MR) is 49.0 cm³/mol. The third-order valence-electron chi connectivity index (χ3n) is 2.13. The van der Waals surface area contributed by atoms with E-state index in [4.69, 9.17) is 9.47 Å². The van der Waals surface area contributed by atoms with Crippen LogP contribution in [0.15, 0.2) is 11.6 Å². The minimum absolute atomic E-state index is 0.0497. The van der Waals surface area contributed by atoms with Crippen LogP contribution < -0.4 is 0 Å². The zero-order valence-electron chi connectivity index (χ0n) is 8.01. The van der Waals surface area contributed by atoms with Gasteiger partial charge >= 0.3 is 0 Å². The predicted octanol–water partition coefficient (Wildman–Crippen LogP) is 2.50. The lowest BCUT2D eigenvalue weighted by molar-refractivity contribution is -0.156. The van der Waals surface area contributed by atoms with E-state index in [0.29, 0.717) is 6.61 Å². The van der Waals surface area contributed by atoms with E-state index in [2.05, 4.69) is 13.0 Å². The Labute approximate surface area is 74.6 Å². The molecule has 2 nitrogen and oxygen atoms in total. The van der Waals surface area contributed by atoms with Gasteiger partial charge < -0.3 is 9.47 Å². The van der Waals surface area contributed by atoms with Crippen molar-refractivity contribution in [2.24, 2.45) is 0 Å². The summed E-state index contributed by atoms with van der Waals surface area (Å²) >= 11 is 0. The summed E-state index contributed by atoms with van der Waals surface area (Å²) in [5.41, 5.74) is 1.27. The molecule has 1 rings (SSSR count). The van der Waals surface area contributed by atoms with Crippen LogP contribution in [0.4, 0.5) is 0 Å². The molecule has 2 heteroatoms. The summed E-state index contributed by atoms with van der Waals surface area (Å²) in [5.74, 6) is 0. The van der Waals surface area contributed by atoms with Crippen LogP contribution in [0.5, 0.6) is 0 Å². The molecule has 0 aromatic heterocycles. The van der Waals surface area contributed by atoms with Crippen molar-refractivity contribution in [2.45, 2.75) is 39.4 Å². The topological polar surface area (TPSA) is 18.5 Å². The second-order valence-electron chi connectivity index (χ2n) is 3.24. The molecule has 0 spiro atoms. The first-order valence-corrected chi connectivity index (χ1v) is 4.68. The van der Waals surface area contributed by atoms with Gasteiger partial charge in [-0.2, -0.15) is 0 Å². The van der Waals surface area contributed by atoms with Crippen molar-refractivity contribution in [3.05, 3.63) is 11.6 Å². The highest BCUT2D eigenvalue weighted by Gasteiger charge is 2.13. The van der Waals surface area contributed by atoms with Gasteiger partial charge in [0.2, 0.25) is 0 Å². The Morgan fingerprint density at radius 3 is 3.00 bits per heavy atom. The molecule has 70 valence electrons. The largest absolute Gasteiger partial charge is 0.353 e. The average molecular weight is 170 g/mol. The molecule has 1 unspecified atom stereocenters. The summed E-state index contributed by atoms with van der Waals surface area (Å²) < 4.78 is 11.0. The van der Waals surface area contributed by atoms with Gasteiger partial charge in [-0.25, -0.2) is 0 Å². The van der Waals surface area contributed by atoms with Crippen molar-refractivity contribution in [3.8, 4) is 0 Å². The lowest BCUT2D eigenvalue weighted by atomic mass is 10.2. The van der Waals surface area contributed by atoms with Crippen LogP contribution in [-0.2, 0) is 9.47 Å². The fourth-order valence-electron chi connectivity index (χ4n) is 1.15. The van der Waals surface area contributed by atoms with E-state index in [9.17, 15) is 0 Å². The Balaban J connectivity index is 2.13. The van der Waals surface area contributed by atoms with Crippen LogP contribution in [0.1, 0.15) is 33.1 Å². The van der Waals surface area contributed by atoms with Gasteiger partial charge in [0.15, 0.2) is 6.29 Å². The molecule has 1 aliphatic rings. The Morgan fingerprint density at radius 2 is 2.42 bits per heavy atom. The number of allylic oxidation sites excluding steroid dienone is 1. The molecule has 0 N–H and O–H groups in total. The molecule has 0 aromatic rings. The van der Waals surface area contributed by atoms with E-state index in [0.717, 1.165) is 13.0 Å². The third-order valence-corrected chi connectivity index (χ3v) is 2.13. The summed E-state index contributed by atoms with van der Waals surface area (Å²) in [6, 6.07) is 0. The van der Waals surface area contributed by atoms with E-state index in [1.165, 1.54) is 18.4 Å². The maximum absolute atomic E-state index is 5.55. The van der Waals surface area contributed by atoms with Crippen molar-refractivity contribution in [1.29, 1.82) is 0 Å². The minimum atomic E-state index is 0.0497. The fraction of sp³-hybridized carbons (Fsp3) is 0.800. The fourth-order valence-corrected chi connectivity index (χ4v) is 1.15.